The zero-order valence-electron chi connectivity index (χ0n) is 27.3. The molecule has 1 fully saturated rings. The number of ether oxygens (including phenoxy) is 7. The van der Waals surface area contributed by atoms with E-state index in [2.05, 4.69) is 16.9 Å². The molecule has 1 aromatic rings. The van der Waals surface area contributed by atoms with Crippen LogP contribution in [0.15, 0.2) is 47.6 Å². The second-order valence-corrected chi connectivity index (χ2v) is 10.7. The molecule has 0 N–H and O–H groups in total. The van der Waals surface area contributed by atoms with Crippen molar-refractivity contribution in [1.29, 1.82) is 0 Å². The van der Waals surface area contributed by atoms with E-state index in [-0.39, 0.29) is 5.56 Å². The highest BCUT2D eigenvalue weighted by atomic mass is 16.7. The number of azide groups is 1. The summed E-state index contributed by atoms with van der Waals surface area (Å²) in [5.74, 6) is -3.74. The van der Waals surface area contributed by atoms with Crippen molar-refractivity contribution in [1.82, 2.24) is 0 Å². The summed E-state index contributed by atoms with van der Waals surface area (Å²) in [6.45, 7) is 5.67. The molecule has 2 unspecified atom stereocenters. The molecule has 258 valence electrons. The van der Waals surface area contributed by atoms with Crippen LogP contribution in [0.3, 0.4) is 0 Å². The molecule has 0 aliphatic carbocycles. The van der Waals surface area contributed by atoms with E-state index in [9.17, 15) is 29.5 Å². The summed E-state index contributed by atoms with van der Waals surface area (Å²) in [5.41, 5.74) is 9.69. The second-order valence-electron chi connectivity index (χ2n) is 10.7. The van der Waals surface area contributed by atoms with E-state index in [1.807, 2.05) is 6.08 Å². The van der Waals surface area contributed by atoms with Gasteiger partial charge < -0.3 is 33.2 Å². The van der Waals surface area contributed by atoms with Crippen LogP contribution in [0, 0.1) is 0 Å². The van der Waals surface area contributed by atoms with Gasteiger partial charge in [-0.25, -0.2) is 4.79 Å². The molecule has 0 spiro atoms. The normalized spacial score (nSPS) is 21.9. The Balaban J connectivity index is 2.43. The zero-order valence-corrected chi connectivity index (χ0v) is 27.3. The monoisotopic (exact) mass is 661 g/mol. The number of hydrogen-bond donors (Lipinski definition) is 0. The van der Waals surface area contributed by atoms with Gasteiger partial charge in [0.25, 0.3) is 0 Å². The SMILES string of the molecule is CCCCCCC=CC(OC(=O)c1ccccc1)C(CO[C@H]1O[C@H](COC(C)=O)[C@H](OC(C)=O)[C@H](OC(C)=O)[C@H]1OC(C)=O)N=[N+]=[N-]. The molecule has 1 heterocycles. The van der Waals surface area contributed by atoms with E-state index < -0.39 is 85.9 Å². The number of unbranched alkanes of at least 4 members (excludes halogenated alkanes) is 4. The van der Waals surface area contributed by atoms with Crippen molar-refractivity contribution < 1.29 is 57.1 Å². The summed E-state index contributed by atoms with van der Waals surface area (Å²) in [7, 11) is 0. The van der Waals surface area contributed by atoms with Crippen LogP contribution >= 0.6 is 0 Å². The molecule has 7 atom stereocenters. The summed E-state index contributed by atoms with van der Waals surface area (Å²) < 4.78 is 39.0. The largest absolute Gasteiger partial charge is 0.463 e. The minimum Gasteiger partial charge on any atom is -0.463 e. The maximum Gasteiger partial charge on any atom is 0.338 e. The van der Waals surface area contributed by atoms with Gasteiger partial charge in [0.1, 0.15) is 24.9 Å². The summed E-state index contributed by atoms with van der Waals surface area (Å²) in [6, 6.07) is 7.09. The van der Waals surface area contributed by atoms with Crippen molar-refractivity contribution in [2.45, 2.75) is 110 Å². The standard InChI is InChI=1S/C32H43N3O12/c1-6-7-8-9-10-14-17-26(46-31(40)24-15-12-11-13-16-24)25(34-35-33)18-42-32-30(45-23(5)39)29(44-22(4)38)28(43-21(3)37)27(47-32)19-41-20(2)36/h11-17,25-30,32H,6-10,18-19H2,1-5H3/t25?,26?,27-,28+,29+,30-,32+/m1/s1. The molecule has 15 nitrogen and oxygen atoms in total. The first-order valence-corrected chi connectivity index (χ1v) is 15.4. The molecular formula is C32H43N3O12. The van der Waals surface area contributed by atoms with Gasteiger partial charge in [-0.2, -0.15) is 0 Å². The zero-order chi connectivity index (χ0) is 34.8. The van der Waals surface area contributed by atoms with Gasteiger partial charge in [0.15, 0.2) is 24.6 Å². The Morgan fingerprint density at radius 2 is 1.53 bits per heavy atom. The third-order valence-electron chi connectivity index (χ3n) is 6.76. The number of hydrogen-bond acceptors (Lipinski definition) is 13. The molecule has 1 aliphatic heterocycles. The van der Waals surface area contributed by atoms with Crippen LogP contribution in [0.5, 0.6) is 0 Å². The first kappa shape index (κ1) is 38.7. The molecule has 1 aromatic carbocycles. The first-order chi connectivity index (χ1) is 22.5. The van der Waals surface area contributed by atoms with Gasteiger partial charge in [-0.05, 0) is 36.6 Å². The summed E-state index contributed by atoms with van der Waals surface area (Å²) in [4.78, 5) is 63.8. The Kier molecular flexibility index (Phi) is 17.0. The molecular weight excluding hydrogens is 618 g/mol. The van der Waals surface area contributed by atoms with E-state index >= 15 is 0 Å². The van der Waals surface area contributed by atoms with Crippen LogP contribution in [-0.2, 0) is 52.3 Å². The topological polar surface area (TPSA) is 199 Å². The molecule has 0 aromatic heterocycles. The maximum absolute atomic E-state index is 13.0. The minimum atomic E-state index is -1.52. The van der Waals surface area contributed by atoms with Crippen LogP contribution in [0.25, 0.3) is 10.4 Å². The van der Waals surface area contributed by atoms with Crippen LogP contribution < -0.4 is 0 Å². The predicted molar refractivity (Wildman–Crippen MR) is 164 cm³/mol. The van der Waals surface area contributed by atoms with Crippen molar-refractivity contribution in [2.24, 2.45) is 5.11 Å². The van der Waals surface area contributed by atoms with Crippen LogP contribution in [0.2, 0.25) is 0 Å². The van der Waals surface area contributed by atoms with Crippen molar-refractivity contribution in [3.8, 4) is 0 Å². The Labute approximate surface area is 273 Å². The number of esters is 5. The third-order valence-corrected chi connectivity index (χ3v) is 6.76. The molecule has 1 aliphatic rings. The van der Waals surface area contributed by atoms with Gasteiger partial charge in [0, 0.05) is 32.6 Å². The van der Waals surface area contributed by atoms with Gasteiger partial charge in [-0.3, -0.25) is 19.2 Å². The second kappa shape index (κ2) is 20.6. The number of carbonyl (C=O) groups excluding carboxylic acids is 5. The number of allylic oxidation sites excluding steroid dienone is 1. The van der Waals surface area contributed by atoms with E-state index in [1.165, 1.54) is 0 Å². The smallest absolute Gasteiger partial charge is 0.338 e. The molecule has 0 saturated carbocycles. The van der Waals surface area contributed by atoms with Gasteiger partial charge in [0.05, 0.1) is 12.2 Å². The predicted octanol–water partition coefficient (Wildman–Crippen LogP) is 4.52. The quantitative estimate of drug-likeness (QED) is 0.0406. The molecule has 0 amide bonds. The van der Waals surface area contributed by atoms with E-state index in [0.29, 0.717) is 6.42 Å². The fourth-order valence-corrected chi connectivity index (χ4v) is 4.71. The van der Waals surface area contributed by atoms with E-state index in [0.717, 1.165) is 53.4 Å². The van der Waals surface area contributed by atoms with Crippen LogP contribution in [0.1, 0.15) is 77.1 Å². The third kappa shape index (κ3) is 13.8. The van der Waals surface area contributed by atoms with E-state index in [1.54, 1.807) is 36.4 Å². The summed E-state index contributed by atoms with van der Waals surface area (Å²) in [6.07, 6.45) is 0.0249. The Morgan fingerprint density at radius 1 is 0.894 bits per heavy atom. The Bertz CT molecular complexity index is 1270. The van der Waals surface area contributed by atoms with Crippen molar-refractivity contribution >= 4 is 29.8 Å². The van der Waals surface area contributed by atoms with Crippen molar-refractivity contribution in [2.75, 3.05) is 13.2 Å². The molecule has 2 rings (SSSR count). The lowest BCUT2D eigenvalue weighted by molar-refractivity contribution is -0.309. The molecule has 0 radical (unpaired) electrons. The highest BCUT2D eigenvalue weighted by Crippen LogP contribution is 2.30. The van der Waals surface area contributed by atoms with Crippen molar-refractivity contribution in [3.63, 3.8) is 0 Å². The first-order valence-electron chi connectivity index (χ1n) is 15.4. The average Bonchev–Trinajstić information content (AvgIpc) is 3.01. The number of nitrogens with zero attached hydrogens (tertiary/aromatic N) is 3. The highest BCUT2D eigenvalue weighted by molar-refractivity contribution is 5.89. The molecule has 47 heavy (non-hydrogen) atoms. The lowest BCUT2D eigenvalue weighted by Gasteiger charge is -2.44. The van der Waals surface area contributed by atoms with Gasteiger partial charge in [0.2, 0.25) is 0 Å². The van der Waals surface area contributed by atoms with Crippen LogP contribution in [-0.4, -0.2) is 85.9 Å². The minimum absolute atomic E-state index is 0.272. The Morgan fingerprint density at radius 3 is 2.13 bits per heavy atom. The maximum atomic E-state index is 13.0. The van der Waals surface area contributed by atoms with Gasteiger partial charge in [-0.1, -0.05) is 55.6 Å². The molecule has 1 saturated heterocycles. The number of benzene rings is 1. The van der Waals surface area contributed by atoms with Crippen molar-refractivity contribution in [3.05, 3.63) is 58.5 Å². The highest BCUT2D eigenvalue weighted by Gasteiger charge is 2.53. The van der Waals surface area contributed by atoms with Gasteiger partial charge >= 0.3 is 29.8 Å². The fourth-order valence-electron chi connectivity index (χ4n) is 4.71. The summed E-state index contributed by atoms with van der Waals surface area (Å²) >= 11 is 0. The Hall–Kier alpha value is -4.46. The molecule has 0 bridgehead atoms. The fraction of sp³-hybridized carbons (Fsp3) is 0.594. The van der Waals surface area contributed by atoms with E-state index in [4.69, 9.17) is 33.2 Å². The van der Waals surface area contributed by atoms with Crippen LogP contribution in [0.4, 0.5) is 0 Å². The number of rotatable bonds is 18. The lowest BCUT2D eigenvalue weighted by Crippen LogP contribution is -2.63. The number of carbonyl (C=O) groups is 5. The molecule has 15 heteroatoms. The average molecular weight is 662 g/mol. The summed E-state index contributed by atoms with van der Waals surface area (Å²) in [5, 5.41) is 3.81. The van der Waals surface area contributed by atoms with Gasteiger partial charge in [-0.15, -0.1) is 0 Å². The lowest BCUT2D eigenvalue weighted by atomic mass is 9.98.